The van der Waals surface area contributed by atoms with Crippen molar-refractivity contribution < 1.29 is 5.11 Å². The van der Waals surface area contributed by atoms with Gasteiger partial charge in [-0.3, -0.25) is 0 Å². The number of unbranched alkanes of at least 4 members (excludes halogenated alkanes) is 1. The second-order valence-electron chi connectivity index (χ2n) is 4.00. The summed E-state index contributed by atoms with van der Waals surface area (Å²) in [6.45, 7) is 1.16. The van der Waals surface area contributed by atoms with Crippen molar-refractivity contribution in [1.29, 1.82) is 0 Å². The molecule has 2 rings (SSSR count). The number of hydrogen-bond acceptors (Lipinski definition) is 2. The van der Waals surface area contributed by atoms with Crippen molar-refractivity contribution >= 4 is 32.4 Å². The van der Waals surface area contributed by atoms with Crippen molar-refractivity contribution in [3.8, 4) is 0 Å². The first-order valence-electron chi connectivity index (χ1n) is 5.85. The van der Waals surface area contributed by atoms with Gasteiger partial charge in [-0.2, -0.15) is 0 Å². The number of halogens is 1. The Bertz CT molecular complexity index is 499. The number of aliphatic hydroxyl groups is 1. The number of fused-ring (bicyclic) bond motifs is 1. The molecule has 0 amide bonds. The first-order valence-corrected chi connectivity index (χ1v) is 6.64. The third kappa shape index (κ3) is 2.99. The van der Waals surface area contributed by atoms with E-state index in [1.54, 1.807) is 0 Å². The van der Waals surface area contributed by atoms with Crippen LogP contribution in [0.2, 0.25) is 0 Å². The molecular formula is C14H16BrNO. The van der Waals surface area contributed by atoms with Crippen LogP contribution >= 0.6 is 15.9 Å². The third-order valence-corrected chi connectivity index (χ3v) is 3.46. The van der Waals surface area contributed by atoms with Crippen molar-refractivity contribution in [2.45, 2.75) is 12.8 Å². The lowest BCUT2D eigenvalue weighted by Crippen LogP contribution is -2.02. The molecule has 2 nitrogen and oxygen atoms in total. The van der Waals surface area contributed by atoms with Gasteiger partial charge in [-0.1, -0.05) is 40.2 Å². The topological polar surface area (TPSA) is 32.3 Å². The van der Waals surface area contributed by atoms with Crippen LogP contribution in [-0.2, 0) is 0 Å². The highest BCUT2D eigenvalue weighted by molar-refractivity contribution is 9.10. The highest BCUT2D eigenvalue weighted by atomic mass is 79.9. The standard InChI is InChI=1S/C14H16BrNO/c15-13-7-8-14(16-9-3-4-10-17)12-6-2-1-5-11(12)13/h1-2,5-8,16-17H,3-4,9-10H2. The zero-order valence-corrected chi connectivity index (χ0v) is 11.2. The molecule has 0 aliphatic heterocycles. The molecule has 0 unspecified atom stereocenters. The largest absolute Gasteiger partial charge is 0.396 e. The van der Waals surface area contributed by atoms with Gasteiger partial charge in [-0.15, -0.1) is 0 Å². The average Bonchev–Trinajstić information content (AvgIpc) is 2.37. The van der Waals surface area contributed by atoms with Gasteiger partial charge in [-0.25, -0.2) is 0 Å². The average molecular weight is 294 g/mol. The van der Waals surface area contributed by atoms with Crippen LogP contribution in [0.5, 0.6) is 0 Å². The molecule has 2 aromatic rings. The Hall–Kier alpha value is -1.06. The van der Waals surface area contributed by atoms with E-state index in [2.05, 4.69) is 45.5 Å². The van der Waals surface area contributed by atoms with Gasteiger partial charge < -0.3 is 10.4 Å². The van der Waals surface area contributed by atoms with Gasteiger partial charge in [0.2, 0.25) is 0 Å². The van der Waals surface area contributed by atoms with E-state index in [1.165, 1.54) is 10.8 Å². The van der Waals surface area contributed by atoms with Gasteiger partial charge in [0, 0.05) is 28.7 Å². The minimum absolute atomic E-state index is 0.267. The van der Waals surface area contributed by atoms with Crippen LogP contribution in [0.25, 0.3) is 10.8 Å². The molecule has 0 radical (unpaired) electrons. The summed E-state index contributed by atoms with van der Waals surface area (Å²) in [6, 6.07) is 12.5. The van der Waals surface area contributed by atoms with E-state index in [1.807, 2.05) is 12.1 Å². The Morgan fingerprint density at radius 3 is 2.53 bits per heavy atom. The SMILES string of the molecule is OCCCCNc1ccc(Br)c2ccccc12. The summed E-state index contributed by atoms with van der Waals surface area (Å²) in [5.74, 6) is 0. The lowest BCUT2D eigenvalue weighted by Gasteiger charge is -2.10. The molecule has 90 valence electrons. The fourth-order valence-electron chi connectivity index (χ4n) is 1.88. The normalized spacial score (nSPS) is 10.7. The summed E-state index contributed by atoms with van der Waals surface area (Å²) >= 11 is 3.56. The Morgan fingerprint density at radius 2 is 1.76 bits per heavy atom. The van der Waals surface area contributed by atoms with Gasteiger partial charge >= 0.3 is 0 Å². The van der Waals surface area contributed by atoms with Crippen molar-refractivity contribution in [2.75, 3.05) is 18.5 Å². The zero-order valence-electron chi connectivity index (χ0n) is 9.62. The summed E-state index contributed by atoms with van der Waals surface area (Å²) in [4.78, 5) is 0. The molecule has 0 aromatic heterocycles. The fraction of sp³-hybridized carbons (Fsp3) is 0.286. The van der Waals surface area contributed by atoms with Gasteiger partial charge in [0.25, 0.3) is 0 Å². The zero-order chi connectivity index (χ0) is 12.1. The summed E-state index contributed by atoms with van der Waals surface area (Å²) in [5.41, 5.74) is 1.15. The highest BCUT2D eigenvalue weighted by Gasteiger charge is 2.02. The molecule has 17 heavy (non-hydrogen) atoms. The predicted octanol–water partition coefficient (Wildman–Crippen LogP) is 3.79. The summed E-state index contributed by atoms with van der Waals surface area (Å²) in [6.07, 6.45) is 1.84. The molecule has 0 spiro atoms. The van der Waals surface area contributed by atoms with Crippen molar-refractivity contribution in [1.82, 2.24) is 0 Å². The maximum Gasteiger partial charge on any atom is 0.0431 e. The van der Waals surface area contributed by atoms with Crippen LogP contribution in [0, 0.1) is 0 Å². The summed E-state index contributed by atoms with van der Waals surface area (Å²) in [7, 11) is 0. The number of rotatable bonds is 5. The molecule has 2 N–H and O–H groups in total. The second kappa shape index (κ2) is 6.03. The molecule has 0 aliphatic rings. The smallest absolute Gasteiger partial charge is 0.0431 e. The third-order valence-electron chi connectivity index (χ3n) is 2.77. The van der Waals surface area contributed by atoms with Crippen LogP contribution in [0.15, 0.2) is 40.9 Å². The Kier molecular flexibility index (Phi) is 4.40. The van der Waals surface area contributed by atoms with Crippen LogP contribution in [0.3, 0.4) is 0 Å². The van der Waals surface area contributed by atoms with Crippen molar-refractivity contribution in [3.05, 3.63) is 40.9 Å². The minimum Gasteiger partial charge on any atom is -0.396 e. The molecule has 0 aliphatic carbocycles. The van der Waals surface area contributed by atoms with E-state index in [0.29, 0.717) is 0 Å². The Labute approximate surface area is 110 Å². The Balaban J connectivity index is 2.20. The van der Waals surface area contributed by atoms with E-state index in [-0.39, 0.29) is 6.61 Å². The van der Waals surface area contributed by atoms with Gasteiger partial charge in [0.1, 0.15) is 0 Å². The van der Waals surface area contributed by atoms with E-state index < -0.39 is 0 Å². The van der Waals surface area contributed by atoms with Crippen molar-refractivity contribution in [2.24, 2.45) is 0 Å². The summed E-state index contributed by atoms with van der Waals surface area (Å²) in [5, 5.41) is 14.6. The van der Waals surface area contributed by atoms with Crippen LogP contribution in [-0.4, -0.2) is 18.3 Å². The molecule has 0 atom stereocenters. The lowest BCUT2D eigenvalue weighted by atomic mass is 10.1. The summed E-state index contributed by atoms with van der Waals surface area (Å²) < 4.78 is 1.12. The van der Waals surface area contributed by atoms with Crippen LogP contribution in [0.4, 0.5) is 5.69 Å². The van der Waals surface area contributed by atoms with Crippen LogP contribution in [0.1, 0.15) is 12.8 Å². The number of aliphatic hydroxyl groups excluding tert-OH is 1. The second-order valence-corrected chi connectivity index (χ2v) is 4.85. The molecule has 2 aromatic carbocycles. The molecule has 0 saturated carbocycles. The minimum atomic E-state index is 0.267. The number of anilines is 1. The van der Waals surface area contributed by atoms with Gasteiger partial charge in [-0.05, 0) is 30.4 Å². The molecular weight excluding hydrogens is 278 g/mol. The quantitative estimate of drug-likeness (QED) is 0.822. The maximum atomic E-state index is 8.74. The lowest BCUT2D eigenvalue weighted by molar-refractivity contribution is 0.286. The first kappa shape index (κ1) is 12.4. The monoisotopic (exact) mass is 293 g/mol. The molecule has 3 heteroatoms. The number of nitrogens with one attached hydrogen (secondary N) is 1. The van der Waals surface area contributed by atoms with E-state index in [0.717, 1.165) is 29.5 Å². The van der Waals surface area contributed by atoms with Gasteiger partial charge in [0.15, 0.2) is 0 Å². The highest BCUT2D eigenvalue weighted by Crippen LogP contribution is 2.29. The van der Waals surface area contributed by atoms with E-state index in [9.17, 15) is 0 Å². The first-order chi connectivity index (χ1) is 8.33. The molecule has 0 saturated heterocycles. The van der Waals surface area contributed by atoms with E-state index >= 15 is 0 Å². The maximum absolute atomic E-state index is 8.74. The van der Waals surface area contributed by atoms with Crippen LogP contribution < -0.4 is 5.32 Å². The molecule has 0 fully saturated rings. The molecule has 0 heterocycles. The number of benzene rings is 2. The number of hydrogen-bond donors (Lipinski definition) is 2. The predicted molar refractivity (Wildman–Crippen MR) is 76.5 cm³/mol. The fourth-order valence-corrected chi connectivity index (χ4v) is 2.35. The molecule has 0 bridgehead atoms. The Morgan fingerprint density at radius 1 is 1.00 bits per heavy atom. The van der Waals surface area contributed by atoms with Gasteiger partial charge in [0.05, 0.1) is 0 Å². The van der Waals surface area contributed by atoms with E-state index in [4.69, 9.17) is 5.11 Å². The van der Waals surface area contributed by atoms with Crippen molar-refractivity contribution in [3.63, 3.8) is 0 Å².